The number of carbonyl (C=O) groups excluding carboxylic acids is 1. The molecule has 1 N–H and O–H groups in total. The topological polar surface area (TPSA) is 41.6 Å². The van der Waals surface area contributed by atoms with Crippen LogP contribution in [-0.4, -0.2) is 36.2 Å². The maximum Gasteiger partial charge on any atom is 0.322 e. The molecule has 0 spiro atoms. The zero-order chi connectivity index (χ0) is 13.1. The third kappa shape index (κ3) is 3.46. The molecular weight excluding hydrogens is 296 g/mol. The smallest absolute Gasteiger partial charge is 0.322 e. The van der Waals surface area contributed by atoms with Crippen LogP contribution < -0.4 is 5.32 Å². The van der Waals surface area contributed by atoms with Crippen molar-refractivity contribution >= 4 is 27.6 Å². The first-order valence-electron chi connectivity index (χ1n) is 6.01. The zero-order valence-corrected chi connectivity index (χ0v) is 12.1. The summed E-state index contributed by atoms with van der Waals surface area (Å²) in [7, 11) is 0. The lowest BCUT2D eigenvalue weighted by Gasteiger charge is -2.35. The van der Waals surface area contributed by atoms with Crippen molar-refractivity contribution in [2.24, 2.45) is 0 Å². The number of nitrogens with zero attached hydrogens (tertiary/aromatic N) is 1. The van der Waals surface area contributed by atoms with E-state index in [0.717, 1.165) is 10.2 Å². The molecule has 0 radical (unpaired) electrons. The largest absolute Gasteiger partial charge is 0.372 e. The summed E-state index contributed by atoms with van der Waals surface area (Å²) in [4.78, 5) is 13.9. The van der Waals surface area contributed by atoms with Gasteiger partial charge < -0.3 is 15.0 Å². The average molecular weight is 313 g/mol. The lowest BCUT2D eigenvalue weighted by molar-refractivity contribution is -0.0530. The number of rotatable bonds is 1. The summed E-state index contributed by atoms with van der Waals surface area (Å²) < 4.78 is 6.55. The monoisotopic (exact) mass is 312 g/mol. The number of urea groups is 1. The molecule has 98 valence electrons. The zero-order valence-electron chi connectivity index (χ0n) is 10.5. The molecule has 2 amide bonds. The minimum Gasteiger partial charge on any atom is -0.372 e. The van der Waals surface area contributed by atoms with Crippen LogP contribution in [0.2, 0.25) is 0 Å². The molecule has 1 heterocycles. The summed E-state index contributed by atoms with van der Waals surface area (Å²) >= 11 is 3.38. The summed E-state index contributed by atoms with van der Waals surface area (Å²) in [5, 5.41) is 2.90. The van der Waals surface area contributed by atoms with E-state index in [1.165, 1.54) is 0 Å². The summed E-state index contributed by atoms with van der Waals surface area (Å²) in [6.07, 6.45) is 0.170. The van der Waals surface area contributed by atoms with Crippen molar-refractivity contribution in [1.82, 2.24) is 4.90 Å². The van der Waals surface area contributed by atoms with Gasteiger partial charge in [-0.1, -0.05) is 22.0 Å². The highest BCUT2D eigenvalue weighted by atomic mass is 79.9. The molecule has 1 fully saturated rings. The van der Waals surface area contributed by atoms with Gasteiger partial charge in [0.1, 0.15) is 0 Å². The molecule has 18 heavy (non-hydrogen) atoms. The van der Waals surface area contributed by atoms with Gasteiger partial charge >= 0.3 is 6.03 Å². The van der Waals surface area contributed by atoms with Crippen LogP contribution in [0.25, 0.3) is 0 Å². The van der Waals surface area contributed by atoms with Gasteiger partial charge in [-0.2, -0.15) is 0 Å². The summed E-state index contributed by atoms with van der Waals surface area (Å²) in [6, 6.07) is 7.50. The third-order valence-corrected chi connectivity index (χ3v) is 3.28. The number of amides is 2. The molecule has 1 aliphatic heterocycles. The Morgan fingerprint density at radius 1 is 1.39 bits per heavy atom. The van der Waals surface area contributed by atoms with Gasteiger partial charge in [0.15, 0.2) is 0 Å². The molecule has 0 aliphatic carbocycles. The minimum atomic E-state index is -0.0740. The van der Waals surface area contributed by atoms with E-state index in [-0.39, 0.29) is 18.2 Å². The SMILES string of the molecule is CC1CN(C(=O)Nc2cccc(Br)c2)CC(C)O1. The van der Waals surface area contributed by atoms with Crippen LogP contribution in [0.3, 0.4) is 0 Å². The first kappa shape index (κ1) is 13.4. The predicted molar refractivity (Wildman–Crippen MR) is 74.7 cm³/mol. The summed E-state index contributed by atoms with van der Waals surface area (Å²) in [5.74, 6) is 0. The van der Waals surface area contributed by atoms with Crippen molar-refractivity contribution in [3.8, 4) is 0 Å². The maximum absolute atomic E-state index is 12.1. The van der Waals surface area contributed by atoms with Crippen LogP contribution >= 0.6 is 15.9 Å². The fraction of sp³-hybridized carbons (Fsp3) is 0.462. The highest BCUT2D eigenvalue weighted by Crippen LogP contribution is 2.17. The van der Waals surface area contributed by atoms with Crippen molar-refractivity contribution in [3.05, 3.63) is 28.7 Å². The average Bonchev–Trinajstić information content (AvgIpc) is 2.27. The molecule has 0 saturated carbocycles. The fourth-order valence-electron chi connectivity index (χ4n) is 2.11. The van der Waals surface area contributed by atoms with Gasteiger partial charge in [-0.15, -0.1) is 0 Å². The van der Waals surface area contributed by atoms with Crippen LogP contribution in [0.5, 0.6) is 0 Å². The minimum absolute atomic E-state index is 0.0740. The van der Waals surface area contributed by atoms with E-state index in [1.807, 2.05) is 38.1 Å². The second-order valence-corrected chi connectivity index (χ2v) is 5.52. The normalized spacial score (nSPS) is 23.8. The van der Waals surface area contributed by atoms with Crippen LogP contribution in [0, 0.1) is 0 Å². The van der Waals surface area contributed by atoms with E-state index in [2.05, 4.69) is 21.2 Å². The Kier molecular flexibility index (Phi) is 4.24. The van der Waals surface area contributed by atoms with Crippen LogP contribution in [0.4, 0.5) is 10.5 Å². The first-order valence-corrected chi connectivity index (χ1v) is 6.81. The Morgan fingerprint density at radius 3 is 2.67 bits per heavy atom. The van der Waals surface area contributed by atoms with Gasteiger partial charge in [-0.05, 0) is 32.0 Å². The van der Waals surface area contributed by atoms with E-state index in [0.29, 0.717) is 13.1 Å². The van der Waals surface area contributed by atoms with Gasteiger partial charge in [0, 0.05) is 23.2 Å². The number of ether oxygens (including phenoxy) is 1. The Hall–Kier alpha value is -1.07. The standard InChI is InChI=1S/C13H17BrN2O2/c1-9-7-16(8-10(2)18-9)13(17)15-12-5-3-4-11(14)6-12/h3-6,9-10H,7-8H2,1-2H3,(H,15,17). The maximum atomic E-state index is 12.1. The molecule has 2 rings (SSSR count). The number of benzene rings is 1. The fourth-order valence-corrected chi connectivity index (χ4v) is 2.51. The molecule has 1 aromatic rings. The van der Waals surface area contributed by atoms with Crippen molar-refractivity contribution in [3.63, 3.8) is 0 Å². The van der Waals surface area contributed by atoms with Gasteiger partial charge in [-0.3, -0.25) is 0 Å². The molecule has 5 heteroatoms. The number of morpholine rings is 1. The number of anilines is 1. The van der Waals surface area contributed by atoms with Gasteiger partial charge in [0.05, 0.1) is 12.2 Å². The van der Waals surface area contributed by atoms with Crippen LogP contribution in [0.15, 0.2) is 28.7 Å². The van der Waals surface area contributed by atoms with E-state index in [4.69, 9.17) is 4.74 Å². The third-order valence-electron chi connectivity index (χ3n) is 2.78. The number of halogens is 1. The summed E-state index contributed by atoms with van der Waals surface area (Å²) in [5.41, 5.74) is 0.793. The highest BCUT2D eigenvalue weighted by Gasteiger charge is 2.25. The molecule has 2 unspecified atom stereocenters. The molecule has 1 aliphatic rings. The van der Waals surface area contributed by atoms with Crippen molar-refractivity contribution in [1.29, 1.82) is 0 Å². The van der Waals surface area contributed by atoms with E-state index < -0.39 is 0 Å². The first-order chi connectivity index (χ1) is 8.54. The lowest BCUT2D eigenvalue weighted by atomic mass is 10.2. The van der Waals surface area contributed by atoms with E-state index in [1.54, 1.807) is 4.90 Å². The molecule has 4 nitrogen and oxygen atoms in total. The number of hydrogen-bond donors (Lipinski definition) is 1. The molecule has 0 aromatic heterocycles. The predicted octanol–water partition coefficient (Wildman–Crippen LogP) is 3.09. The van der Waals surface area contributed by atoms with E-state index >= 15 is 0 Å². The molecular formula is C13H17BrN2O2. The van der Waals surface area contributed by atoms with Crippen molar-refractivity contribution in [2.45, 2.75) is 26.1 Å². The second-order valence-electron chi connectivity index (χ2n) is 4.60. The molecule has 2 atom stereocenters. The van der Waals surface area contributed by atoms with E-state index in [9.17, 15) is 4.79 Å². The Morgan fingerprint density at radius 2 is 2.06 bits per heavy atom. The second kappa shape index (κ2) is 5.71. The Balaban J connectivity index is 1.99. The van der Waals surface area contributed by atoms with Crippen LogP contribution in [-0.2, 0) is 4.74 Å². The number of nitrogens with one attached hydrogen (secondary N) is 1. The lowest BCUT2D eigenvalue weighted by Crippen LogP contribution is -2.49. The number of carbonyl (C=O) groups is 1. The van der Waals surface area contributed by atoms with Crippen molar-refractivity contribution in [2.75, 3.05) is 18.4 Å². The van der Waals surface area contributed by atoms with Crippen LogP contribution in [0.1, 0.15) is 13.8 Å². The Bertz CT molecular complexity index is 429. The molecule has 1 saturated heterocycles. The quantitative estimate of drug-likeness (QED) is 0.865. The van der Waals surface area contributed by atoms with Gasteiger partial charge in [0.25, 0.3) is 0 Å². The van der Waals surface area contributed by atoms with Gasteiger partial charge in [0.2, 0.25) is 0 Å². The molecule has 1 aromatic carbocycles. The summed E-state index contributed by atoms with van der Waals surface area (Å²) in [6.45, 7) is 5.22. The molecule has 0 bridgehead atoms. The van der Waals surface area contributed by atoms with Crippen molar-refractivity contribution < 1.29 is 9.53 Å². The van der Waals surface area contributed by atoms with Gasteiger partial charge in [-0.25, -0.2) is 4.79 Å². The highest BCUT2D eigenvalue weighted by molar-refractivity contribution is 9.10. The number of hydrogen-bond acceptors (Lipinski definition) is 2. The Labute approximate surface area is 115 Å².